The van der Waals surface area contributed by atoms with E-state index in [1.165, 1.54) is 0 Å². The van der Waals surface area contributed by atoms with Gasteiger partial charge < -0.3 is 15.1 Å². The van der Waals surface area contributed by atoms with Crippen molar-refractivity contribution in [3.8, 4) is 0 Å². The summed E-state index contributed by atoms with van der Waals surface area (Å²) in [6.07, 6.45) is 1.13. The third-order valence-corrected chi connectivity index (χ3v) is 4.26. The molecule has 2 aliphatic heterocycles. The molecule has 3 amide bonds. The zero-order valence-electron chi connectivity index (χ0n) is 12.6. The topological polar surface area (TPSA) is 69.7 Å². The minimum Gasteiger partial charge on any atom is -0.339 e. The molecule has 1 aromatic carbocycles. The van der Waals surface area contributed by atoms with Gasteiger partial charge in [0.25, 0.3) is 5.91 Å². The van der Waals surface area contributed by atoms with Crippen molar-refractivity contribution in [2.45, 2.75) is 19.8 Å². The first-order valence-corrected chi connectivity index (χ1v) is 7.52. The highest BCUT2D eigenvalue weighted by atomic mass is 16.2. The zero-order valence-corrected chi connectivity index (χ0v) is 12.6. The summed E-state index contributed by atoms with van der Waals surface area (Å²) in [5.41, 5.74) is 2.45. The van der Waals surface area contributed by atoms with Gasteiger partial charge in [-0.1, -0.05) is 0 Å². The maximum atomic E-state index is 12.6. The molecule has 3 rings (SSSR count). The van der Waals surface area contributed by atoms with Gasteiger partial charge in [0.1, 0.15) is 0 Å². The molecule has 0 spiro atoms. The van der Waals surface area contributed by atoms with Crippen LogP contribution in [0.5, 0.6) is 0 Å². The second-order valence-corrected chi connectivity index (χ2v) is 5.72. The summed E-state index contributed by atoms with van der Waals surface area (Å²) in [6, 6.07) is 5.42. The highest BCUT2D eigenvalue weighted by Gasteiger charge is 2.24. The van der Waals surface area contributed by atoms with Gasteiger partial charge in [0.2, 0.25) is 11.8 Å². The van der Waals surface area contributed by atoms with Gasteiger partial charge >= 0.3 is 0 Å². The minimum atomic E-state index is -0.0112. The molecule has 0 radical (unpaired) electrons. The van der Waals surface area contributed by atoms with Crippen LogP contribution in [0, 0.1) is 0 Å². The molecule has 1 saturated heterocycles. The van der Waals surface area contributed by atoms with Crippen LogP contribution in [0.4, 0.5) is 5.69 Å². The average Bonchev–Trinajstić information content (AvgIpc) is 2.53. The molecule has 2 aliphatic rings. The largest absolute Gasteiger partial charge is 0.339 e. The van der Waals surface area contributed by atoms with Crippen LogP contribution in [0.2, 0.25) is 0 Å². The van der Waals surface area contributed by atoms with Gasteiger partial charge in [0.15, 0.2) is 0 Å². The number of nitrogens with zero attached hydrogens (tertiary/aromatic N) is 2. The number of hydrogen-bond donors (Lipinski definition) is 1. The second kappa shape index (κ2) is 5.79. The van der Waals surface area contributed by atoms with E-state index in [4.69, 9.17) is 0 Å². The Morgan fingerprint density at radius 3 is 2.41 bits per heavy atom. The fourth-order valence-corrected chi connectivity index (χ4v) is 2.92. The monoisotopic (exact) mass is 301 g/mol. The predicted octanol–water partition coefficient (Wildman–Crippen LogP) is 0.876. The molecule has 1 N–H and O–H groups in total. The Balaban J connectivity index is 1.71. The number of carbonyl (C=O) groups excluding carboxylic acids is 3. The Morgan fingerprint density at radius 2 is 1.73 bits per heavy atom. The van der Waals surface area contributed by atoms with Crippen LogP contribution in [-0.2, 0) is 16.0 Å². The van der Waals surface area contributed by atoms with E-state index in [0.29, 0.717) is 44.6 Å². The minimum absolute atomic E-state index is 0.0112. The fourth-order valence-electron chi connectivity index (χ4n) is 2.92. The van der Waals surface area contributed by atoms with Crippen LogP contribution < -0.4 is 5.32 Å². The number of rotatable bonds is 1. The van der Waals surface area contributed by atoms with Gasteiger partial charge in [-0.25, -0.2) is 0 Å². The summed E-state index contributed by atoms with van der Waals surface area (Å²) in [5, 5.41) is 2.82. The van der Waals surface area contributed by atoms with E-state index in [1.807, 2.05) is 6.07 Å². The van der Waals surface area contributed by atoms with Gasteiger partial charge in [-0.3, -0.25) is 14.4 Å². The molecular weight excluding hydrogens is 282 g/mol. The lowest BCUT2D eigenvalue weighted by Crippen LogP contribution is -2.50. The van der Waals surface area contributed by atoms with Crippen LogP contribution in [0.15, 0.2) is 18.2 Å². The molecule has 1 fully saturated rings. The summed E-state index contributed by atoms with van der Waals surface area (Å²) >= 11 is 0. The Labute approximate surface area is 129 Å². The summed E-state index contributed by atoms with van der Waals surface area (Å²) in [7, 11) is 0. The smallest absolute Gasteiger partial charge is 0.253 e. The number of aryl methyl sites for hydroxylation is 1. The number of amides is 3. The number of benzene rings is 1. The molecule has 0 atom stereocenters. The van der Waals surface area contributed by atoms with Crippen molar-refractivity contribution >= 4 is 23.4 Å². The lowest BCUT2D eigenvalue weighted by atomic mass is 10.00. The number of piperazine rings is 1. The van der Waals surface area contributed by atoms with Gasteiger partial charge in [0, 0.05) is 50.8 Å². The second-order valence-electron chi connectivity index (χ2n) is 5.72. The fraction of sp³-hybridized carbons (Fsp3) is 0.438. The van der Waals surface area contributed by atoms with Gasteiger partial charge in [-0.15, -0.1) is 0 Å². The SMILES string of the molecule is CC(=O)N1CCN(C(=O)c2ccc3c(c2)CCC(=O)N3)CC1. The average molecular weight is 301 g/mol. The summed E-state index contributed by atoms with van der Waals surface area (Å²) in [5.74, 6) is 0.0615. The maximum Gasteiger partial charge on any atom is 0.253 e. The van der Waals surface area contributed by atoms with E-state index < -0.39 is 0 Å². The molecule has 116 valence electrons. The zero-order chi connectivity index (χ0) is 15.7. The van der Waals surface area contributed by atoms with Crippen molar-refractivity contribution < 1.29 is 14.4 Å². The summed E-state index contributed by atoms with van der Waals surface area (Å²) < 4.78 is 0. The van der Waals surface area contributed by atoms with E-state index in [9.17, 15) is 14.4 Å². The van der Waals surface area contributed by atoms with E-state index in [0.717, 1.165) is 11.3 Å². The molecule has 0 saturated carbocycles. The lowest BCUT2D eigenvalue weighted by Gasteiger charge is -2.34. The molecule has 2 heterocycles. The molecule has 0 unspecified atom stereocenters. The Hall–Kier alpha value is -2.37. The van der Waals surface area contributed by atoms with E-state index >= 15 is 0 Å². The quantitative estimate of drug-likeness (QED) is 0.837. The molecular formula is C16H19N3O3. The maximum absolute atomic E-state index is 12.6. The third kappa shape index (κ3) is 2.81. The van der Waals surface area contributed by atoms with Crippen molar-refractivity contribution in [1.82, 2.24) is 9.80 Å². The normalized spacial score (nSPS) is 17.8. The molecule has 1 aromatic rings. The van der Waals surface area contributed by atoms with Crippen LogP contribution >= 0.6 is 0 Å². The molecule has 22 heavy (non-hydrogen) atoms. The highest BCUT2D eigenvalue weighted by molar-refractivity contribution is 5.98. The molecule has 6 nitrogen and oxygen atoms in total. The molecule has 0 bridgehead atoms. The van der Waals surface area contributed by atoms with E-state index in [-0.39, 0.29) is 17.7 Å². The van der Waals surface area contributed by atoms with Crippen molar-refractivity contribution in [3.63, 3.8) is 0 Å². The number of hydrogen-bond acceptors (Lipinski definition) is 3. The van der Waals surface area contributed by atoms with Crippen LogP contribution in [0.1, 0.15) is 29.3 Å². The van der Waals surface area contributed by atoms with Gasteiger partial charge in [0.05, 0.1) is 0 Å². The first kappa shape index (κ1) is 14.6. The lowest BCUT2D eigenvalue weighted by molar-refractivity contribution is -0.130. The summed E-state index contributed by atoms with van der Waals surface area (Å²) in [4.78, 5) is 38.8. The number of fused-ring (bicyclic) bond motifs is 1. The van der Waals surface area contributed by atoms with Crippen LogP contribution in [0.25, 0.3) is 0 Å². The predicted molar refractivity (Wildman–Crippen MR) is 81.6 cm³/mol. The first-order chi connectivity index (χ1) is 10.5. The number of nitrogens with one attached hydrogen (secondary N) is 1. The van der Waals surface area contributed by atoms with Crippen LogP contribution in [-0.4, -0.2) is 53.7 Å². The molecule has 6 heteroatoms. The number of anilines is 1. The Kier molecular flexibility index (Phi) is 3.83. The third-order valence-electron chi connectivity index (χ3n) is 4.26. The number of carbonyl (C=O) groups is 3. The molecule has 0 aliphatic carbocycles. The van der Waals surface area contributed by atoms with Crippen molar-refractivity contribution in [3.05, 3.63) is 29.3 Å². The van der Waals surface area contributed by atoms with Crippen molar-refractivity contribution in [2.75, 3.05) is 31.5 Å². The standard InChI is InChI=1S/C16H19N3O3/c1-11(20)18-6-8-19(9-7-18)16(22)13-2-4-14-12(10-13)3-5-15(21)17-14/h2,4,10H,3,5-9H2,1H3,(H,17,21). The molecule has 0 aromatic heterocycles. The van der Waals surface area contributed by atoms with Crippen molar-refractivity contribution in [2.24, 2.45) is 0 Å². The summed E-state index contributed by atoms with van der Waals surface area (Å²) in [6.45, 7) is 3.85. The Bertz CT molecular complexity index is 634. The van der Waals surface area contributed by atoms with Crippen molar-refractivity contribution in [1.29, 1.82) is 0 Å². The van der Waals surface area contributed by atoms with Crippen LogP contribution in [0.3, 0.4) is 0 Å². The first-order valence-electron chi connectivity index (χ1n) is 7.52. The van der Waals surface area contributed by atoms with Gasteiger partial charge in [-0.05, 0) is 30.2 Å². The van der Waals surface area contributed by atoms with Gasteiger partial charge in [-0.2, -0.15) is 0 Å². The van der Waals surface area contributed by atoms with E-state index in [1.54, 1.807) is 28.9 Å². The highest BCUT2D eigenvalue weighted by Crippen LogP contribution is 2.24. The van der Waals surface area contributed by atoms with E-state index in [2.05, 4.69) is 5.32 Å². The Morgan fingerprint density at radius 1 is 1.05 bits per heavy atom.